The number of nitrogens with one attached hydrogen (secondary N) is 3. The number of hydrogen-bond donors (Lipinski definition) is 5. The highest BCUT2D eigenvalue weighted by molar-refractivity contribution is 5.85. The molecule has 0 aliphatic heterocycles. The zero-order valence-electron chi connectivity index (χ0n) is 21.0. The maximum absolute atomic E-state index is 12.7. The minimum absolute atomic E-state index is 0.00365. The van der Waals surface area contributed by atoms with Crippen LogP contribution in [-0.2, 0) is 20.8 Å². The maximum Gasteiger partial charge on any atom is 0.326 e. The van der Waals surface area contributed by atoms with Crippen LogP contribution in [0.15, 0.2) is 11.0 Å². The number of carboxylic acids is 1. The fourth-order valence-electron chi connectivity index (χ4n) is 4.46. The summed E-state index contributed by atoms with van der Waals surface area (Å²) in [6.07, 6.45) is 6.15. The van der Waals surface area contributed by atoms with Crippen molar-refractivity contribution in [3.05, 3.63) is 22.2 Å². The van der Waals surface area contributed by atoms with Gasteiger partial charge in [-0.1, -0.05) is 0 Å². The highest BCUT2D eigenvalue weighted by atomic mass is 16.4. The first-order valence-corrected chi connectivity index (χ1v) is 12.3. The van der Waals surface area contributed by atoms with Gasteiger partial charge in [-0.05, 0) is 71.6 Å². The molecule has 2 amide bonds. The largest absolute Gasteiger partial charge is 0.480 e. The summed E-state index contributed by atoms with van der Waals surface area (Å²) in [4.78, 5) is 63.3. The first-order valence-electron chi connectivity index (χ1n) is 12.3. The number of aromatic amines is 1. The summed E-state index contributed by atoms with van der Waals surface area (Å²) in [6, 6.07) is -1.10. The van der Waals surface area contributed by atoms with E-state index in [2.05, 4.69) is 30.6 Å². The van der Waals surface area contributed by atoms with E-state index in [0.29, 0.717) is 30.9 Å². The molecule has 2 aromatic rings. The molecule has 3 rings (SSSR count). The zero-order valence-corrected chi connectivity index (χ0v) is 21.0. The van der Waals surface area contributed by atoms with E-state index in [4.69, 9.17) is 5.73 Å². The van der Waals surface area contributed by atoms with Gasteiger partial charge in [0, 0.05) is 17.9 Å². The predicted octanol–water partition coefficient (Wildman–Crippen LogP) is 1.30. The van der Waals surface area contributed by atoms with Crippen molar-refractivity contribution in [3.8, 4) is 0 Å². The number of aryl methyl sites for hydroxylation is 1. The molecule has 1 atom stereocenters. The third-order valence-corrected chi connectivity index (χ3v) is 6.30. The molecule has 0 radical (unpaired) electrons. The van der Waals surface area contributed by atoms with Crippen molar-refractivity contribution in [3.63, 3.8) is 0 Å². The van der Waals surface area contributed by atoms with E-state index >= 15 is 0 Å². The smallest absolute Gasteiger partial charge is 0.326 e. The summed E-state index contributed by atoms with van der Waals surface area (Å²) in [5.74, 6) is -1.52. The number of anilines is 1. The number of carbonyl (C=O) groups excluding carboxylic acids is 2. The molecule has 1 aliphatic rings. The number of H-pyrrole nitrogens is 1. The van der Waals surface area contributed by atoms with Gasteiger partial charge in [0.25, 0.3) is 5.56 Å². The number of nitrogen functional groups attached to an aromatic ring is 1. The van der Waals surface area contributed by atoms with Crippen LogP contribution in [0.3, 0.4) is 0 Å². The molecule has 1 fully saturated rings. The van der Waals surface area contributed by atoms with Gasteiger partial charge in [-0.15, -0.1) is 0 Å². The second-order valence-corrected chi connectivity index (χ2v) is 10.5. The van der Waals surface area contributed by atoms with Crippen molar-refractivity contribution >= 4 is 34.9 Å². The van der Waals surface area contributed by atoms with Crippen LogP contribution in [0.2, 0.25) is 0 Å². The molecule has 0 bridgehead atoms. The van der Waals surface area contributed by atoms with E-state index in [0.717, 1.165) is 19.3 Å². The van der Waals surface area contributed by atoms with Gasteiger partial charge in [-0.3, -0.25) is 19.4 Å². The normalized spacial score (nSPS) is 19.0. The average Bonchev–Trinajstić information content (AvgIpc) is 2.79. The number of aliphatic carboxylic acids is 1. The molecule has 1 aliphatic carbocycles. The summed E-state index contributed by atoms with van der Waals surface area (Å²) in [7, 11) is 0. The molecule has 12 heteroatoms. The van der Waals surface area contributed by atoms with Gasteiger partial charge in [-0.2, -0.15) is 4.98 Å². The monoisotopic (exact) mass is 501 g/mol. The lowest BCUT2D eigenvalue weighted by atomic mass is 9.79. The number of rotatable bonds is 9. The van der Waals surface area contributed by atoms with Gasteiger partial charge in [0.2, 0.25) is 17.8 Å². The number of hydrogen-bond acceptors (Lipinski definition) is 8. The molecule has 2 aromatic heterocycles. The molecule has 1 saturated carbocycles. The van der Waals surface area contributed by atoms with E-state index < -0.39 is 23.1 Å². The summed E-state index contributed by atoms with van der Waals surface area (Å²) >= 11 is 0. The van der Waals surface area contributed by atoms with Crippen LogP contribution in [0, 0.1) is 11.8 Å². The van der Waals surface area contributed by atoms with Crippen LogP contribution < -0.4 is 21.9 Å². The van der Waals surface area contributed by atoms with Crippen LogP contribution in [0.4, 0.5) is 5.95 Å². The first-order chi connectivity index (χ1) is 16.9. The average molecular weight is 502 g/mol. The van der Waals surface area contributed by atoms with Gasteiger partial charge in [0.05, 0.1) is 11.9 Å². The number of aromatic nitrogens is 4. The van der Waals surface area contributed by atoms with Crippen molar-refractivity contribution < 1.29 is 19.5 Å². The number of fused-ring (bicyclic) bond motifs is 1. The molecule has 196 valence electrons. The molecule has 12 nitrogen and oxygen atoms in total. The molecule has 6 N–H and O–H groups in total. The predicted molar refractivity (Wildman–Crippen MR) is 133 cm³/mol. The summed E-state index contributed by atoms with van der Waals surface area (Å²) < 4.78 is 0. The molecule has 0 aromatic carbocycles. The number of carbonyl (C=O) groups is 3. The van der Waals surface area contributed by atoms with E-state index in [1.54, 1.807) is 6.20 Å². The standard InChI is InChI=1S/C24H35N7O5/c1-24(2,3)31-17(32)11-10-16(22(35)36)28-20(33)14-7-4-13(5-8-14)6-9-15-12-26-19-18(27-15)21(34)30-23(25)29-19/h12-14,16H,4-11H2,1-3H3,(H,28,33)(H,31,32)(H,35,36)(H3,25,26,29,30,34)/t13?,14?,16-/m0/s1. The Kier molecular flexibility index (Phi) is 8.59. The minimum Gasteiger partial charge on any atom is -0.480 e. The number of amides is 2. The topological polar surface area (TPSA) is 193 Å². The second-order valence-electron chi connectivity index (χ2n) is 10.5. The van der Waals surface area contributed by atoms with E-state index in [9.17, 15) is 24.3 Å². The van der Waals surface area contributed by atoms with Crippen molar-refractivity contribution in [2.75, 3.05) is 5.73 Å². The van der Waals surface area contributed by atoms with Crippen molar-refractivity contribution in [1.82, 2.24) is 30.6 Å². The Balaban J connectivity index is 1.46. The zero-order chi connectivity index (χ0) is 26.5. The van der Waals surface area contributed by atoms with Crippen molar-refractivity contribution in [2.45, 2.75) is 83.7 Å². The molecule has 0 unspecified atom stereocenters. The lowest BCUT2D eigenvalue weighted by molar-refractivity contribution is -0.143. The molecular weight excluding hydrogens is 466 g/mol. The SMILES string of the molecule is CC(C)(C)NC(=O)CC[C@H](NC(=O)C1CCC(CCc2cnc3nc(N)[nH]c(=O)c3n2)CC1)C(=O)O. The van der Waals surface area contributed by atoms with Crippen LogP contribution in [0.5, 0.6) is 0 Å². The third kappa shape index (κ3) is 7.72. The number of nitrogens with two attached hydrogens (primary N) is 1. The highest BCUT2D eigenvalue weighted by Gasteiger charge is 2.30. The van der Waals surface area contributed by atoms with E-state index in [1.807, 2.05) is 20.8 Å². The molecule has 36 heavy (non-hydrogen) atoms. The fourth-order valence-corrected chi connectivity index (χ4v) is 4.46. The Morgan fingerprint density at radius 1 is 1.19 bits per heavy atom. The quantitative estimate of drug-likeness (QED) is 0.337. The van der Waals surface area contributed by atoms with Gasteiger partial charge >= 0.3 is 5.97 Å². The Morgan fingerprint density at radius 2 is 1.89 bits per heavy atom. The van der Waals surface area contributed by atoms with Gasteiger partial charge in [-0.25, -0.2) is 14.8 Å². The van der Waals surface area contributed by atoms with Gasteiger partial charge in [0.1, 0.15) is 6.04 Å². The van der Waals surface area contributed by atoms with Gasteiger partial charge < -0.3 is 21.5 Å². The Bertz CT molecular complexity index is 1170. The Morgan fingerprint density at radius 3 is 2.53 bits per heavy atom. The summed E-state index contributed by atoms with van der Waals surface area (Å²) in [6.45, 7) is 5.55. The van der Waals surface area contributed by atoms with Crippen molar-refractivity contribution in [2.24, 2.45) is 11.8 Å². The van der Waals surface area contributed by atoms with Crippen LogP contribution in [0.1, 0.15) is 71.4 Å². The molecule has 0 saturated heterocycles. The van der Waals surface area contributed by atoms with Crippen LogP contribution in [-0.4, -0.2) is 54.4 Å². The minimum atomic E-state index is -1.14. The summed E-state index contributed by atoms with van der Waals surface area (Å²) in [5, 5.41) is 14.9. The lowest BCUT2D eigenvalue weighted by Gasteiger charge is -2.28. The van der Waals surface area contributed by atoms with Crippen molar-refractivity contribution in [1.29, 1.82) is 0 Å². The number of carboxylic acid groups (broad SMARTS) is 1. The Hall–Kier alpha value is -3.57. The van der Waals surface area contributed by atoms with E-state index in [1.165, 1.54) is 0 Å². The van der Waals surface area contributed by atoms with Crippen LogP contribution in [0.25, 0.3) is 11.2 Å². The maximum atomic E-state index is 12.7. The summed E-state index contributed by atoms with van der Waals surface area (Å²) in [5.41, 5.74) is 5.77. The molecular formula is C24H35N7O5. The van der Waals surface area contributed by atoms with E-state index in [-0.39, 0.29) is 47.7 Å². The number of nitrogens with zero attached hydrogens (tertiary/aromatic N) is 3. The third-order valence-electron chi connectivity index (χ3n) is 6.30. The second kappa shape index (κ2) is 11.4. The van der Waals surface area contributed by atoms with Gasteiger partial charge in [0.15, 0.2) is 11.2 Å². The van der Waals surface area contributed by atoms with Crippen LogP contribution >= 0.6 is 0 Å². The highest BCUT2D eigenvalue weighted by Crippen LogP contribution is 2.31. The molecule has 2 heterocycles. The Labute approximate surface area is 208 Å². The first kappa shape index (κ1) is 27.0. The lowest BCUT2D eigenvalue weighted by Crippen LogP contribution is -2.46. The molecule has 0 spiro atoms. The fraction of sp³-hybridized carbons (Fsp3) is 0.625.